The van der Waals surface area contributed by atoms with E-state index >= 15 is 0 Å². The third-order valence-corrected chi connectivity index (χ3v) is 4.52. The lowest BCUT2D eigenvalue weighted by molar-refractivity contribution is -0.117. The fourth-order valence-corrected chi connectivity index (χ4v) is 3.20. The van der Waals surface area contributed by atoms with Crippen LogP contribution in [-0.2, 0) is 17.8 Å². The van der Waals surface area contributed by atoms with Gasteiger partial charge in [0.05, 0.1) is 19.3 Å². The zero-order valence-corrected chi connectivity index (χ0v) is 16.1. The molecule has 3 rings (SSSR count). The molecule has 0 aliphatic carbocycles. The molecule has 0 spiro atoms. The predicted molar refractivity (Wildman–Crippen MR) is 108 cm³/mol. The third-order valence-electron chi connectivity index (χ3n) is 4.52. The van der Waals surface area contributed by atoms with Crippen LogP contribution in [0.25, 0.3) is 0 Å². The van der Waals surface area contributed by atoms with Gasteiger partial charge in [0, 0.05) is 18.8 Å². The van der Waals surface area contributed by atoms with Crippen LogP contribution in [0, 0.1) is 0 Å². The Labute approximate surface area is 161 Å². The van der Waals surface area contributed by atoms with E-state index in [0.29, 0.717) is 18.0 Å². The molecular weight excluding hydrogens is 350 g/mol. The molecule has 0 bridgehead atoms. The quantitative estimate of drug-likeness (QED) is 0.777. The van der Waals surface area contributed by atoms with Gasteiger partial charge in [-0.3, -0.25) is 9.69 Å². The van der Waals surface area contributed by atoms with E-state index in [9.17, 15) is 4.79 Å². The molecule has 0 saturated heterocycles. The Bertz CT molecular complexity index is 752. The van der Waals surface area contributed by atoms with Crippen LogP contribution in [-0.4, -0.2) is 37.6 Å². The zero-order chi connectivity index (χ0) is 17.6. The molecule has 1 aliphatic rings. The van der Waals surface area contributed by atoms with Gasteiger partial charge in [-0.15, -0.1) is 12.4 Å². The second kappa shape index (κ2) is 9.46. The van der Waals surface area contributed by atoms with Gasteiger partial charge in [-0.2, -0.15) is 0 Å². The fourth-order valence-electron chi connectivity index (χ4n) is 3.20. The van der Waals surface area contributed by atoms with Crippen LogP contribution in [0.5, 0.6) is 5.75 Å². The fraction of sp³-hybridized carbons (Fsp3) is 0.350. The second-order valence-corrected chi connectivity index (χ2v) is 6.18. The molecule has 2 aromatic rings. The van der Waals surface area contributed by atoms with Gasteiger partial charge in [-0.1, -0.05) is 37.3 Å². The number of likely N-dealkylation sites (N-methyl/N-ethyl adjacent to an activating group) is 1. The molecule has 0 atom stereocenters. The molecule has 2 aromatic carbocycles. The van der Waals surface area contributed by atoms with Crippen molar-refractivity contribution >= 4 is 29.7 Å². The van der Waals surface area contributed by atoms with Crippen molar-refractivity contribution in [2.75, 3.05) is 37.4 Å². The summed E-state index contributed by atoms with van der Waals surface area (Å²) in [6, 6.07) is 13.9. The van der Waals surface area contributed by atoms with Crippen molar-refractivity contribution in [3.05, 3.63) is 53.6 Å². The normalized spacial score (nSPS) is 12.1. The molecule has 0 aromatic heterocycles. The van der Waals surface area contributed by atoms with Crippen molar-refractivity contribution in [1.29, 1.82) is 0 Å². The number of benzene rings is 2. The number of anilines is 2. The first-order chi connectivity index (χ1) is 12.2. The molecule has 0 fully saturated rings. The number of hydrogen-bond donors (Lipinski definition) is 2. The number of nitrogens with zero attached hydrogens (tertiary/aromatic N) is 1. The number of para-hydroxylation sites is 3. The highest BCUT2D eigenvalue weighted by molar-refractivity contribution is 5.93. The first-order valence-corrected chi connectivity index (χ1v) is 8.71. The van der Waals surface area contributed by atoms with Gasteiger partial charge in [0.25, 0.3) is 0 Å². The predicted octanol–water partition coefficient (Wildman–Crippen LogP) is 3.55. The minimum absolute atomic E-state index is 0. The minimum Gasteiger partial charge on any atom is -0.495 e. The molecular formula is C20H26ClN3O2. The number of fused-ring (bicyclic) bond motifs is 1. The summed E-state index contributed by atoms with van der Waals surface area (Å²) >= 11 is 0. The largest absolute Gasteiger partial charge is 0.495 e. The van der Waals surface area contributed by atoms with E-state index in [2.05, 4.69) is 40.7 Å². The number of methoxy groups -OCH3 is 1. The topological polar surface area (TPSA) is 53.6 Å². The van der Waals surface area contributed by atoms with E-state index in [-0.39, 0.29) is 18.3 Å². The molecule has 2 N–H and O–H groups in total. The Kier molecular flexibility index (Phi) is 7.30. The van der Waals surface area contributed by atoms with Crippen molar-refractivity contribution in [1.82, 2.24) is 4.90 Å². The van der Waals surface area contributed by atoms with Crippen molar-refractivity contribution in [3.8, 4) is 5.75 Å². The van der Waals surface area contributed by atoms with Gasteiger partial charge < -0.3 is 15.4 Å². The van der Waals surface area contributed by atoms with Crippen molar-refractivity contribution in [2.24, 2.45) is 0 Å². The number of nitrogens with one attached hydrogen (secondary N) is 2. The molecule has 0 saturated carbocycles. The Morgan fingerprint density at radius 2 is 2.04 bits per heavy atom. The second-order valence-electron chi connectivity index (χ2n) is 6.18. The van der Waals surface area contributed by atoms with Crippen LogP contribution < -0.4 is 15.4 Å². The van der Waals surface area contributed by atoms with Crippen LogP contribution >= 0.6 is 12.4 Å². The zero-order valence-electron chi connectivity index (χ0n) is 15.2. The number of ether oxygens (including phenoxy) is 1. The number of carbonyl (C=O) groups excluding carboxylic acids is 1. The summed E-state index contributed by atoms with van der Waals surface area (Å²) in [5, 5.41) is 6.41. The van der Waals surface area contributed by atoms with Crippen LogP contribution in [0.3, 0.4) is 0 Å². The lowest BCUT2D eigenvalue weighted by atomic mass is 10.1. The number of halogens is 1. The molecule has 0 radical (unpaired) electrons. The summed E-state index contributed by atoms with van der Waals surface area (Å²) in [5.41, 5.74) is 4.56. The Morgan fingerprint density at radius 1 is 1.23 bits per heavy atom. The third kappa shape index (κ3) is 4.68. The lowest BCUT2D eigenvalue weighted by Crippen LogP contribution is -2.33. The van der Waals surface area contributed by atoms with Crippen molar-refractivity contribution in [2.45, 2.75) is 19.9 Å². The van der Waals surface area contributed by atoms with E-state index in [0.717, 1.165) is 26.1 Å². The summed E-state index contributed by atoms with van der Waals surface area (Å²) in [6.45, 7) is 4.98. The smallest absolute Gasteiger partial charge is 0.238 e. The monoisotopic (exact) mass is 375 g/mol. The summed E-state index contributed by atoms with van der Waals surface area (Å²) in [5.74, 6) is 0.635. The van der Waals surface area contributed by atoms with E-state index in [1.807, 2.05) is 24.3 Å². The first-order valence-electron chi connectivity index (χ1n) is 8.71. The van der Waals surface area contributed by atoms with E-state index in [4.69, 9.17) is 4.74 Å². The van der Waals surface area contributed by atoms with Crippen LogP contribution in [0.2, 0.25) is 0 Å². The van der Waals surface area contributed by atoms with Gasteiger partial charge in [0.15, 0.2) is 0 Å². The van der Waals surface area contributed by atoms with Crippen LogP contribution in [0.15, 0.2) is 42.5 Å². The van der Waals surface area contributed by atoms with Crippen molar-refractivity contribution in [3.63, 3.8) is 0 Å². The van der Waals surface area contributed by atoms with E-state index in [1.54, 1.807) is 7.11 Å². The standard InChI is InChI=1S/C20H25N3O2.ClH/c1-3-23(13-16-8-6-7-15-11-12-21-20(15)16)14-19(24)22-17-9-4-5-10-18(17)25-2;/h4-10,21H,3,11-14H2,1-2H3,(H,22,24);1H. The molecule has 1 heterocycles. The Morgan fingerprint density at radius 3 is 2.81 bits per heavy atom. The van der Waals surface area contributed by atoms with Crippen molar-refractivity contribution < 1.29 is 9.53 Å². The highest BCUT2D eigenvalue weighted by Gasteiger charge is 2.17. The van der Waals surface area contributed by atoms with Gasteiger partial charge in [0.2, 0.25) is 5.91 Å². The first kappa shape index (κ1) is 20.1. The average Bonchev–Trinajstić information content (AvgIpc) is 3.11. The van der Waals surface area contributed by atoms with Gasteiger partial charge in [0.1, 0.15) is 5.75 Å². The molecule has 5 nitrogen and oxygen atoms in total. The van der Waals surface area contributed by atoms with Gasteiger partial charge in [-0.25, -0.2) is 0 Å². The number of amides is 1. The number of hydrogen-bond acceptors (Lipinski definition) is 4. The summed E-state index contributed by atoms with van der Waals surface area (Å²) < 4.78 is 5.29. The van der Waals surface area contributed by atoms with Gasteiger partial charge in [-0.05, 0) is 36.2 Å². The Hall–Kier alpha value is -2.24. The SMILES string of the molecule is CCN(CC(=O)Nc1ccccc1OC)Cc1cccc2c1NCC2.Cl. The molecule has 26 heavy (non-hydrogen) atoms. The Balaban J connectivity index is 0.00000243. The minimum atomic E-state index is -0.0353. The highest BCUT2D eigenvalue weighted by atomic mass is 35.5. The van der Waals surface area contributed by atoms with E-state index in [1.165, 1.54) is 16.8 Å². The molecule has 1 aliphatic heterocycles. The van der Waals surface area contributed by atoms with Gasteiger partial charge >= 0.3 is 0 Å². The maximum atomic E-state index is 12.4. The average molecular weight is 376 g/mol. The maximum Gasteiger partial charge on any atom is 0.238 e. The molecule has 140 valence electrons. The number of carbonyl (C=O) groups is 1. The van der Waals surface area contributed by atoms with Crippen LogP contribution in [0.1, 0.15) is 18.1 Å². The van der Waals surface area contributed by atoms with E-state index < -0.39 is 0 Å². The molecule has 0 unspecified atom stereocenters. The lowest BCUT2D eigenvalue weighted by Gasteiger charge is -2.22. The summed E-state index contributed by atoms with van der Waals surface area (Å²) in [6.07, 6.45) is 1.07. The maximum absolute atomic E-state index is 12.4. The summed E-state index contributed by atoms with van der Waals surface area (Å²) in [4.78, 5) is 14.6. The van der Waals surface area contributed by atoms with Crippen LogP contribution in [0.4, 0.5) is 11.4 Å². The summed E-state index contributed by atoms with van der Waals surface area (Å²) in [7, 11) is 1.60. The molecule has 1 amide bonds. The number of rotatable bonds is 7. The molecule has 6 heteroatoms. The highest BCUT2D eigenvalue weighted by Crippen LogP contribution is 2.27.